The third-order valence-electron chi connectivity index (χ3n) is 6.60. The summed E-state index contributed by atoms with van der Waals surface area (Å²) in [5.74, 6) is -0.273. The summed E-state index contributed by atoms with van der Waals surface area (Å²) >= 11 is 0. The van der Waals surface area contributed by atoms with Crippen LogP contribution in [0.5, 0.6) is 11.5 Å². The van der Waals surface area contributed by atoms with E-state index in [1.165, 1.54) is 55.5 Å². The van der Waals surface area contributed by atoms with Gasteiger partial charge in [-0.05, 0) is 78.6 Å². The van der Waals surface area contributed by atoms with E-state index in [1.807, 2.05) is 13.8 Å². The number of nitrogens with zero attached hydrogens (tertiary/aromatic N) is 2. The second-order valence-corrected chi connectivity index (χ2v) is 12.0. The second-order valence-electron chi connectivity index (χ2n) is 10.1. The van der Waals surface area contributed by atoms with E-state index in [2.05, 4.69) is 5.32 Å². The van der Waals surface area contributed by atoms with Gasteiger partial charge in [-0.3, -0.25) is 13.9 Å². The Labute approximate surface area is 247 Å². The van der Waals surface area contributed by atoms with E-state index in [4.69, 9.17) is 9.47 Å². The molecule has 3 aromatic carbocycles. The van der Waals surface area contributed by atoms with Crippen LogP contribution in [-0.2, 0) is 26.2 Å². The van der Waals surface area contributed by atoms with Gasteiger partial charge in [0.25, 0.3) is 10.0 Å². The van der Waals surface area contributed by atoms with Gasteiger partial charge in [0.1, 0.15) is 29.9 Å². The maximum Gasteiger partial charge on any atom is 0.264 e. The van der Waals surface area contributed by atoms with Crippen LogP contribution in [0.1, 0.15) is 32.8 Å². The first-order chi connectivity index (χ1) is 20.0. The third kappa shape index (κ3) is 8.22. The number of amides is 2. The van der Waals surface area contributed by atoms with Crippen molar-refractivity contribution in [2.75, 3.05) is 31.6 Å². The lowest BCUT2D eigenvalue weighted by molar-refractivity contribution is -0.140. The molecule has 0 saturated carbocycles. The molecule has 0 radical (unpaired) electrons. The van der Waals surface area contributed by atoms with Gasteiger partial charge in [0.05, 0.1) is 24.8 Å². The number of carbonyl (C=O) groups is 2. The van der Waals surface area contributed by atoms with Crippen molar-refractivity contribution in [2.45, 2.75) is 44.7 Å². The lowest BCUT2D eigenvalue weighted by atomic mass is 10.1. The molecule has 0 fully saturated rings. The standard InChI is InChI=1S/C31H38FN3O6S/c1-6-29(31(37)33-19-22(2)3)34(20-23-8-7-9-27(18-23)41-5)30(36)21-35(25-12-10-24(32)11-13-25)42(38,39)28-16-14-26(40-4)15-17-28/h7-18,22,29H,6,19-21H2,1-5H3,(H,33,37)/t29-/m1/s1. The van der Waals surface area contributed by atoms with Crippen LogP contribution in [0.2, 0.25) is 0 Å². The molecule has 0 bridgehead atoms. The SMILES string of the molecule is CC[C@H](C(=O)NCC(C)C)N(Cc1cccc(OC)c1)C(=O)CN(c1ccc(F)cc1)S(=O)(=O)c1ccc(OC)cc1. The van der Waals surface area contributed by atoms with Crippen LogP contribution in [-0.4, -0.2) is 58.5 Å². The minimum atomic E-state index is -4.29. The van der Waals surface area contributed by atoms with Crippen LogP contribution in [0, 0.1) is 11.7 Å². The second kappa shape index (κ2) is 14.7. The first kappa shape index (κ1) is 32.4. The van der Waals surface area contributed by atoms with Crippen LogP contribution in [0.4, 0.5) is 10.1 Å². The van der Waals surface area contributed by atoms with Crippen molar-refractivity contribution in [3.05, 3.63) is 84.2 Å². The van der Waals surface area contributed by atoms with Crippen LogP contribution in [0.25, 0.3) is 0 Å². The van der Waals surface area contributed by atoms with Crippen molar-refractivity contribution in [1.29, 1.82) is 0 Å². The summed E-state index contributed by atoms with van der Waals surface area (Å²) in [5, 5.41) is 2.89. The molecule has 0 spiro atoms. The number of rotatable bonds is 14. The third-order valence-corrected chi connectivity index (χ3v) is 8.39. The van der Waals surface area contributed by atoms with Crippen molar-refractivity contribution in [1.82, 2.24) is 10.2 Å². The molecule has 0 aromatic heterocycles. The summed E-state index contributed by atoms with van der Waals surface area (Å²) in [4.78, 5) is 28.7. The first-order valence-corrected chi connectivity index (χ1v) is 15.1. The van der Waals surface area contributed by atoms with Crippen LogP contribution < -0.4 is 19.1 Å². The largest absolute Gasteiger partial charge is 0.497 e. The molecule has 0 aliphatic heterocycles. The molecule has 0 heterocycles. The fourth-order valence-corrected chi connectivity index (χ4v) is 5.73. The smallest absolute Gasteiger partial charge is 0.264 e. The van der Waals surface area contributed by atoms with E-state index in [1.54, 1.807) is 31.2 Å². The molecule has 226 valence electrons. The number of hydrogen-bond acceptors (Lipinski definition) is 6. The zero-order valence-corrected chi connectivity index (χ0v) is 25.4. The highest BCUT2D eigenvalue weighted by Gasteiger charge is 2.33. The molecule has 3 aromatic rings. The van der Waals surface area contributed by atoms with E-state index in [0.717, 1.165) is 16.4 Å². The zero-order chi connectivity index (χ0) is 30.9. The fraction of sp³-hybridized carbons (Fsp3) is 0.355. The number of nitrogens with one attached hydrogen (secondary N) is 1. The average molecular weight is 600 g/mol. The normalized spacial score (nSPS) is 12.0. The Morgan fingerprint density at radius 2 is 1.57 bits per heavy atom. The highest BCUT2D eigenvalue weighted by atomic mass is 32.2. The van der Waals surface area contributed by atoms with Crippen molar-refractivity contribution < 1.29 is 31.9 Å². The number of anilines is 1. The molecular weight excluding hydrogens is 561 g/mol. The molecule has 11 heteroatoms. The fourth-order valence-electron chi connectivity index (χ4n) is 4.32. The first-order valence-electron chi connectivity index (χ1n) is 13.6. The van der Waals surface area contributed by atoms with Gasteiger partial charge in [0.15, 0.2) is 0 Å². The number of sulfonamides is 1. The highest BCUT2D eigenvalue weighted by Crippen LogP contribution is 2.26. The summed E-state index contributed by atoms with van der Waals surface area (Å²) in [7, 11) is -1.30. The van der Waals surface area contributed by atoms with Crippen LogP contribution in [0.3, 0.4) is 0 Å². The number of hydrogen-bond donors (Lipinski definition) is 1. The van der Waals surface area contributed by atoms with Crippen LogP contribution in [0.15, 0.2) is 77.7 Å². The van der Waals surface area contributed by atoms with Gasteiger partial charge < -0.3 is 19.7 Å². The number of benzene rings is 3. The summed E-state index contributed by atoms with van der Waals surface area (Å²) in [6.07, 6.45) is 0.293. The topological polar surface area (TPSA) is 105 Å². The van der Waals surface area contributed by atoms with E-state index in [-0.39, 0.29) is 29.0 Å². The molecule has 0 unspecified atom stereocenters. The van der Waals surface area contributed by atoms with Crippen molar-refractivity contribution >= 4 is 27.5 Å². The predicted molar refractivity (Wildman–Crippen MR) is 159 cm³/mol. The molecule has 1 N–H and O–H groups in total. The summed E-state index contributed by atoms with van der Waals surface area (Å²) in [6.45, 7) is 5.54. The molecule has 9 nitrogen and oxygen atoms in total. The summed E-state index contributed by atoms with van der Waals surface area (Å²) in [5.41, 5.74) is 0.795. The minimum Gasteiger partial charge on any atom is -0.497 e. The van der Waals surface area contributed by atoms with Gasteiger partial charge in [-0.25, -0.2) is 12.8 Å². The van der Waals surface area contributed by atoms with Crippen molar-refractivity contribution in [3.8, 4) is 11.5 Å². The monoisotopic (exact) mass is 599 g/mol. The lowest BCUT2D eigenvalue weighted by Gasteiger charge is -2.33. The van der Waals surface area contributed by atoms with Gasteiger partial charge in [0.2, 0.25) is 11.8 Å². The Morgan fingerprint density at radius 3 is 2.14 bits per heavy atom. The molecule has 1 atom stereocenters. The number of ether oxygens (including phenoxy) is 2. The highest BCUT2D eigenvalue weighted by molar-refractivity contribution is 7.92. The maximum atomic E-state index is 14.1. The van der Waals surface area contributed by atoms with Gasteiger partial charge in [-0.2, -0.15) is 0 Å². The molecule has 0 aliphatic carbocycles. The van der Waals surface area contributed by atoms with E-state index in [9.17, 15) is 22.4 Å². The summed E-state index contributed by atoms with van der Waals surface area (Å²) < 4.78 is 53.0. The van der Waals surface area contributed by atoms with Crippen molar-refractivity contribution in [3.63, 3.8) is 0 Å². The van der Waals surface area contributed by atoms with E-state index < -0.39 is 34.3 Å². The maximum absolute atomic E-state index is 14.1. The van der Waals surface area contributed by atoms with Gasteiger partial charge in [0, 0.05) is 13.1 Å². The Hall–Kier alpha value is -4.12. The van der Waals surface area contributed by atoms with Gasteiger partial charge >= 0.3 is 0 Å². The Bertz CT molecular complexity index is 1450. The van der Waals surface area contributed by atoms with Crippen molar-refractivity contribution in [2.24, 2.45) is 5.92 Å². The molecule has 0 saturated heterocycles. The molecular formula is C31H38FN3O6S. The lowest BCUT2D eigenvalue weighted by Crippen LogP contribution is -2.52. The Kier molecular flexibility index (Phi) is 11.3. The number of carbonyl (C=O) groups excluding carboxylic acids is 2. The predicted octanol–water partition coefficient (Wildman–Crippen LogP) is 4.62. The molecule has 3 rings (SSSR count). The van der Waals surface area contributed by atoms with Gasteiger partial charge in [-0.1, -0.05) is 32.9 Å². The Balaban J connectivity index is 2.05. The zero-order valence-electron chi connectivity index (χ0n) is 24.5. The average Bonchev–Trinajstić information content (AvgIpc) is 2.99. The summed E-state index contributed by atoms with van der Waals surface area (Å²) in [6, 6.07) is 16.8. The van der Waals surface area contributed by atoms with Gasteiger partial charge in [-0.15, -0.1) is 0 Å². The molecule has 42 heavy (non-hydrogen) atoms. The van der Waals surface area contributed by atoms with E-state index in [0.29, 0.717) is 30.0 Å². The Morgan fingerprint density at radius 1 is 0.929 bits per heavy atom. The van der Waals surface area contributed by atoms with E-state index >= 15 is 0 Å². The minimum absolute atomic E-state index is 0.0312. The molecule has 0 aliphatic rings. The quantitative estimate of drug-likeness (QED) is 0.290. The number of halogens is 1. The number of methoxy groups -OCH3 is 2. The molecule has 2 amide bonds. The van der Waals surface area contributed by atoms with Crippen LogP contribution >= 0.6 is 0 Å².